The first-order valence-corrected chi connectivity index (χ1v) is 4.49. The smallest absolute Gasteiger partial charge is 0.200 e. The Morgan fingerprint density at radius 3 is 2.79 bits per heavy atom. The van der Waals surface area contributed by atoms with Crippen molar-refractivity contribution in [3.05, 3.63) is 42.0 Å². The molecule has 0 amide bonds. The summed E-state index contributed by atoms with van der Waals surface area (Å²) in [6.07, 6.45) is 5.36. The molecule has 0 radical (unpaired) electrons. The van der Waals surface area contributed by atoms with Crippen molar-refractivity contribution in [1.82, 2.24) is 15.0 Å². The van der Waals surface area contributed by atoms with Gasteiger partial charge in [-0.3, -0.25) is 4.98 Å². The van der Waals surface area contributed by atoms with Gasteiger partial charge in [0.2, 0.25) is 5.95 Å². The molecule has 2 N–H and O–H groups in total. The van der Waals surface area contributed by atoms with E-state index in [1.54, 1.807) is 18.6 Å². The van der Waals surface area contributed by atoms with Crippen LogP contribution >= 0.6 is 0 Å². The third-order valence-corrected chi connectivity index (χ3v) is 1.91. The molecule has 0 aliphatic carbocycles. The Morgan fingerprint density at radius 1 is 1.36 bits per heavy atom. The average molecular weight is 188 g/mol. The van der Waals surface area contributed by atoms with Crippen LogP contribution in [0.4, 0.5) is 5.95 Å². The molecule has 2 rings (SSSR count). The molecule has 4 nitrogen and oxygen atoms in total. The van der Waals surface area contributed by atoms with Crippen molar-refractivity contribution in [3.63, 3.8) is 0 Å². The normalized spacial score (nSPS) is 10.1. The first-order chi connectivity index (χ1) is 6.84. The summed E-state index contributed by atoms with van der Waals surface area (Å²) in [5.74, 6) is 0.805. The molecule has 0 atom stereocenters. The second kappa shape index (κ2) is 3.91. The highest BCUT2D eigenvalue weighted by molar-refractivity contribution is 5.27. The van der Waals surface area contributed by atoms with Crippen LogP contribution < -0.4 is 5.32 Å². The molecule has 2 aromatic rings. The van der Waals surface area contributed by atoms with E-state index in [0.717, 1.165) is 18.2 Å². The maximum Gasteiger partial charge on any atom is 0.200 e. The predicted octanol–water partition coefficient (Wildman–Crippen LogP) is 1.73. The largest absolute Gasteiger partial charge is 0.352 e. The Labute approximate surface area is 82.4 Å². The molecule has 0 fully saturated rings. The van der Waals surface area contributed by atoms with E-state index in [1.165, 1.54) is 5.56 Å². The highest BCUT2D eigenvalue weighted by Crippen LogP contribution is 2.03. The molecule has 14 heavy (non-hydrogen) atoms. The summed E-state index contributed by atoms with van der Waals surface area (Å²) in [5.41, 5.74) is 2.25. The zero-order chi connectivity index (χ0) is 9.80. The standard InChI is InChI=1S/C10H12N4/c1-8-6-12-10(14-8)13-7-9-2-4-11-5-3-9/h2-6H,7H2,1H3,(H2,12,13,14). The van der Waals surface area contributed by atoms with Crippen LogP contribution in [0.25, 0.3) is 0 Å². The molecule has 0 aromatic carbocycles. The van der Waals surface area contributed by atoms with Gasteiger partial charge in [-0.1, -0.05) is 0 Å². The Kier molecular flexibility index (Phi) is 2.44. The Morgan fingerprint density at radius 2 is 2.14 bits per heavy atom. The second-order valence-electron chi connectivity index (χ2n) is 3.12. The van der Waals surface area contributed by atoms with E-state index in [0.29, 0.717) is 0 Å². The van der Waals surface area contributed by atoms with Gasteiger partial charge in [-0.2, -0.15) is 0 Å². The number of hydrogen-bond donors (Lipinski definition) is 2. The van der Waals surface area contributed by atoms with Crippen molar-refractivity contribution in [2.45, 2.75) is 13.5 Å². The molecule has 0 aliphatic rings. The zero-order valence-electron chi connectivity index (χ0n) is 7.99. The summed E-state index contributed by atoms with van der Waals surface area (Å²) >= 11 is 0. The molecular formula is C10H12N4. The molecule has 0 unspecified atom stereocenters. The molecule has 0 bridgehead atoms. The lowest BCUT2D eigenvalue weighted by molar-refractivity contribution is 1.08. The van der Waals surface area contributed by atoms with Crippen LogP contribution in [0.5, 0.6) is 0 Å². The summed E-state index contributed by atoms with van der Waals surface area (Å²) in [4.78, 5) is 11.2. The van der Waals surface area contributed by atoms with Crippen molar-refractivity contribution in [2.24, 2.45) is 0 Å². The molecule has 4 heteroatoms. The van der Waals surface area contributed by atoms with Gasteiger partial charge in [0.25, 0.3) is 0 Å². The summed E-state index contributed by atoms with van der Waals surface area (Å²) in [6, 6.07) is 3.95. The maximum atomic E-state index is 4.15. The van der Waals surface area contributed by atoms with Crippen molar-refractivity contribution < 1.29 is 0 Å². The number of pyridine rings is 1. The lowest BCUT2D eigenvalue weighted by Gasteiger charge is -2.01. The third-order valence-electron chi connectivity index (χ3n) is 1.91. The molecule has 2 aromatic heterocycles. The van der Waals surface area contributed by atoms with Crippen LogP contribution in [0.3, 0.4) is 0 Å². The van der Waals surface area contributed by atoms with Crippen LogP contribution in [0.1, 0.15) is 11.3 Å². The Balaban J connectivity index is 1.95. The molecule has 72 valence electrons. The number of nitrogens with one attached hydrogen (secondary N) is 2. The molecule has 0 saturated heterocycles. The van der Waals surface area contributed by atoms with Crippen LogP contribution in [0, 0.1) is 6.92 Å². The number of aromatic amines is 1. The fourth-order valence-electron chi connectivity index (χ4n) is 1.19. The lowest BCUT2D eigenvalue weighted by atomic mass is 10.3. The second-order valence-corrected chi connectivity index (χ2v) is 3.12. The minimum Gasteiger partial charge on any atom is -0.352 e. The van der Waals surface area contributed by atoms with Gasteiger partial charge in [0.05, 0.1) is 0 Å². The van der Waals surface area contributed by atoms with Crippen LogP contribution in [-0.4, -0.2) is 15.0 Å². The van der Waals surface area contributed by atoms with Gasteiger partial charge in [-0.15, -0.1) is 0 Å². The highest BCUT2D eigenvalue weighted by atomic mass is 15.1. The summed E-state index contributed by atoms with van der Waals surface area (Å²) < 4.78 is 0. The number of aromatic nitrogens is 3. The van der Waals surface area contributed by atoms with Crippen LogP contribution in [0.2, 0.25) is 0 Å². The summed E-state index contributed by atoms with van der Waals surface area (Å²) in [7, 11) is 0. The van der Waals surface area contributed by atoms with Crippen molar-refractivity contribution in [3.8, 4) is 0 Å². The number of imidazole rings is 1. The first-order valence-electron chi connectivity index (χ1n) is 4.49. The van der Waals surface area contributed by atoms with Gasteiger partial charge in [0.15, 0.2) is 0 Å². The van der Waals surface area contributed by atoms with Crippen LogP contribution in [-0.2, 0) is 6.54 Å². The number of aryl methyl sites for hydroxylation is 1. The van der Waals surface area contributed by atoms with Gasteiger partial charge >= 0.3 is 0 Å². The number of rotatable bonds is 3. The number of nitrogens with zero attached hydrogens (tertiary/aromatic N) is 2. The van der Waals surface area contributed by atoms with E-state index in [-0.39, 0.29) is 0 Å². The van der Waals surface area contributed by atoms with Crippen LogP contribution in [0.15, 0.2) is 30.7 Å². The first kappa shape index (κ1) is 8.74. The van der Waals surface area contributed by atoms with Crippen molar-refractivity contribution >= 4 is 5.95 Å². The fourth-order valence-corrected chi connectivity index (χ4v) is 1.19. The molecule has 0 spiro atoms. The van der Waals surface area contributed by atoms with Gasteiger partial charge in [0, 0.05) is 30.8 Å². The third kappa shape index (κ3) is 2.10. The number of H-pyrrole nitrogens is 1. The molecule has 2 heterocycles. The molecular weight excluding hydrogens is 176 g/mol. The van der Waals surface area contributed by atoms with E-state index in [4.69, 9.17) is 0 Å². The van der Waals surface area contributed by atoms with Gasteiger partial charge < -0.3 is 10.3 Å². The van der Waals surface area contributed by atoms with E-state index < -0.39 is 0 Å². The van der Waals surface area contributed by atoms with E-state index in [9.17, 15) is 0 Å². The number of hydrogen-bond acceptors (Lipinski definition) is 3. The highest BCUT2D eigenvalue weighted by Gasteiger charge is 1.95. The maximum absolute atomic E-state index is 4.15. The van der Waals surface area contributed by atoms with Gasteiger partial charge in [0.1, 0.15) is 0 Å². The monoisotopic (exact) mass is 188 g/mol. The number of anilines is 1. The van der Waals surface area contributed by atoms with E-state index >= 15 is 0 Å². The van der Waals surface area contributed by atoms with Gasteiger partial charge in [-0.25, -0.2) is 4.98 Å². The average Bonchev–Trinajstić information content (AvgIpc) is 2.63. The lowest BCUT2D eigenvalue weighted by Crippen LogP contribution is -2.00. The minimum atomic E-state index is 0.759. The van der Waals surface area contributed by atoms with E-state index in [1.807, 2.05) is 19.1 Å². The topological polar surface area (TPSA) is 53.6 Å². The van der Waals surface area contributed by atoms with E-state index in [2.05, 4.69) is 20.3 Å². The quantitative estimate of drug-likeness (QED) is 0.771. The Hall–Kier alpha value is -1.84. The predicted molar refractivity (Wildman–Crippen MR) is 54.9 cm³/mol. The summed E-state index contributed by atoms with van der Waals surface area (Å²) in [5, 5.41) is 3.19. The molecule has 0 aliphatic heterocycles. The summed E-state index contributed by atoms with van der Waals surface area (Å²) in [6.45, 7) is 2.74. The minimum absolute atomic E-state index is 0.759. The Bertz CT molecular complexity index is 394. The van der Waals surface area contributed by atoms with Crippen molar-refractivity contribution in [1.29, 1.82) is 0 Å². The molecule has 0 saturated carbocycles. The zero-order valence-corrected chi connectivity index (χ0v) is 7.99. The SMILES string of the molecule is Cc1cnc(NCc2ccncc2)[nH]1. The fraction of sp³-hybridized carbons (Fsp3) is 0.200. The van der Waals surface area contributed by atoms with Gasteiger partial charge in [-0.05, 0) is 24.6 Å². The van der Waals surface area contributed by atoms with Crippen molar-refractivity contribution in [2.75, 3.05) is 5.32 Å².